The van der Waals surface area contributed by atoms with E-state index in [1.807, 2.05) is 0 Å². The van der Waals surface area contributed by atoms with Gasteiger partial charge in [-0.3, -0.25) is 0 Å². The zero-order valence-corrected chi connectivity index (χ0v) is 6.33. The Bertz CT molecular complexity index is 271. The van der Waals surface area contributed by atoms with Gasteiger partial charge in [0.1, 0.15) is 0 Å². The van der Waals surface area contributed by atoms with Gasteiger partial charge in [-0.2, -0.15) is 0 Å². The Kier molecular flexibility index (Phi) is 2.27. The normalized spacial score (nSPS) is 11.6. The van der Waals surface area contributed by atoms with E-state index in [0.29, 0.717) is 5.82 Å². The van der Waals surface area contributed by atoms with Crippen molar-refractivity contribution in [3.05, 3.63) is 5.69 Å². The van der Waals surface area contributed by atoms with Crippen molar-refractivity contribution in [2.24, 2.45) is 5.16 Å². The van der Waals surface area contributed by atoms with Crippen LogP contribution in [0.25, 0.3) is 0 Å². The molecule has 0 saturated heterocycles. The maximum atomic E-state index is 8.25. The van der Waals surface area contributed by atoms with Gasteiger partial charge >= 0.3 is 0 Å². The van der Waals surface area contributed by atoms with Gasteiger partial charge in [0, 0.05) is 7.05 Å². The lowest BCUT2D eigenvalue weighted by atomic mass is 10.5. The molecule has 1 rings (SSSR count). The SMILES string of the molecule is CNc1nonc1/C(Cl)=N/O. The topological polar surface area (TPSA) is 83.5 Å². The van der Waals surface area contributed by atoms with E-state index in [9.17, 15) is 0 Å². The summed E-state index contributed by atoms with van der Waals surface area (Å²) in [6.45, 7) is 0. The first-order chi connectivity index (χ1) is 5.29. The maximum Gasteiger partial charge on any atom is 0.201 e. The van der Waals surface area contributed by atoms with E-state index in [4.69, 9.17) is 16.8 Å². The fourth-order valence-electron chi connectivity index (χ4n) is 0.535. The van der Waals surface area contributed by atoms with Crippen molar-refractivity contribution in [3.63, 3.8) is 0 Å². The second-order valence-electron chi connectivity index (χ2n) is 1.60. The van der Waals surface area contributed by atoms with Gasteiger partial charge in [0.2, 0.25) is 11.0 Å². The van der Waals surface area contributed by atoms with E-state index in [1.165, 1.54) is 0 Å². The highest BCUT2D eigenvalue weighted by molar-refractivity contribution is 6.69. The fraction of sp³-hybridized carbons (Fsp3) is 0.250. The minimum Gasteiger partial charge on any atom is -0.410 e. The average Bonchev–Trinajstić information content (AvgIpc) is 2.50. The lowest BCUT2D eigenvalue weighted by Gasteiger charge is -1.91. The van der Waals surface area contributed by atoms with Gasteiger partial charge < -0.3 is 10.5 Å². The number of halogens is 1. The van der Waals surface area contributed by atoms with Crippen LogP contribution in [0.15, 0.2) is 9.78 Å². The van der Waals surface area contributed by atoms with Crippen LogP contribution in [-0.2, 0) is 0 Å². The maximum absolute atomic E-state index is 8.25. The number of oxime groups is 1. The average molecular weight is 177 g/mol. The molecule has 0 aliphatic rings. The minimum absolute atomic E-state index is 0.171. The number of aromatic nitrogens is 2. The smallest absolute Gasteiger partial charge is 0.201 e. The molecule has 0 aliphatic carbocycles. The van der Waals surface area contributed by atoms with Crippen LogP contribution in [0.3, 0.4) is 0 Å². The van der Waals surface area contributed by atoms with Gasteiger partial charge in [0.25, 0.3) is 0 Å². The van der Waals surface area contributed by atoms with E-state index in [1.54, 1.807) is 7.05 Å². The van der Waals surface area contributed by atoms with Crippen molar-refractivity contribution in [2.45, 2.75) is 0 Å². The van der Waals surface area contributed by atoms with Crippen molar-refractivity contribution < 1.29 is 9.84 Å². The minimum atomic E-state index is -0.171. The molecule has 0 saturated carbocycles. The van der Waals surface area contributed by atoms with Gasteiger partial charge in [-0.05, 0) is 10.3 Å². The van der Waals surface area contributed by atoms with Crippen LogP contribution in [-0.4, -0.2) is 27.7 Å². The number of hydrogen-bond donors (Lipinski definition) is 2. The summed E-state index contributed by atoms with van der Waals surface area (Å²) in [5, 5.41) is 20.3. The Morgan fingerprint density at radius 3 is 3.00 bits per heavy atom. The summed E-state index contributed by atoms with van der Waals surface area (Å²) in [6.07, 6.45) is 0. The molecule has 0 amide bonds. The van der Waals surface area contributed by atoms with Crippen molar-refractivity contribution in [1.29, 1.82) is 0 Å². The monoisotopic (exact) mass is 176 g/mol. The number of nitrogens with zero attached hydrogens (tertiary/aromatic N) is 3. The lowest BCUT2D eigenvalue weighted by Crippen LogP contribution is -1.98. The zero-order chi connectivity index (χ0) is 8.27. The van der Waals surface area contributed by atoms with Crippen LogP contribution < -0.4 is 5.32 Å². The molecule has 0 aromatic carbocycles. The molecule has 0 aliphatic heterocycles. The highest BCUT2D eigenvalue weighted by Crippen LogP contribution is 2.11. The van der Waals surface area contributed by atoms with Crippen molar-refractivity contribution in [1.82, 2.24) is 10.3 Å². The Morgan fingerprint density at radius 2 is 2.45 bits per heavy atom. The molecule has 60 valence electrons. The zero-order valence-electron chi connectivity index (χ0n) is 5.58. The molecule has 0 spiro atoms. The molecule has 1 aromatic rings. The third kappa shape index (κ3) is 1.40. The van der Waals surface area contributed by atoms with Gasteiger partial charge in [-0.1, -0.05) is 16.8 Å². The van der Waals surface area contributed by atoms with Crippen LogP contribution in [0, 0.1) is 0 Å². The lowest BCUT2D eigenvalue weighted by molar-refractivity contribution is 0.305. The van der Waals surface area contributed by atoms with E-state index >= 15 is 0 Å². The highest BCUT2D eigenvalue weighted by atomic mass is 35.5. The summed E-state index contributed by atoms with van der Waals surface area (Å²) in [6, 6.07) is 0. The van der Waals surface area contributed by atoms with Crippen LogP contribution in [0.2, 0.25) is 0 Å². The molecule has 0 unspecified atom stereocenters. The Hall–Kier alpha value is -1.30. The second kappa shape index (κ2) is 3.20. The summed E-state index contributed by atoms with van der Waals surface area (Å²) in [4.78, 5) is 0. The van der Waals surface area contributed by atoms with Gasteiger partial charge in [-0.15, -0.1) is 0 Å². The Morgan fingerprint density at radius 1 is 1.73 bits per heavy atom. The molecule has 0 fully saturated rings. The van der Waals surface area contributed by atoms with Crippen LogP contribution in [0.5, 0.6) is 0 Å². The van der Waals surface area contributed by atoms with E-state index in [0.717, 1.165) is 0 Å². The predicted molar refractivity (Wildman–Crippen MR) is 38.0 cm³/mol. The first-order valence-electron chi connectivity index (χ1n) is 2.67. The number of hydrogen-bond acceptors (Lipinski definition) is 6. The molecule has 11 heavy (non-hydrogen) atoms. The number of anilines is 1. The van der Waals surface area contributed by atoms with Crippen LogP contribution in [0.4, 0.5) is 5.82 Å². The molecule has 0 atom stereocenters. The van der Waals surface area contributed by atoms with Crippen molar-refractivity contribution >= 4 is 22.6 Å². The fourth-order valence-corrected chi connectivity index (χ4v) is 0.659. The molecular formula is C4H5ClN4O2. The molecule has 1 aromatic heterocycles. The van der Waals surface area contributed by atoms with Crippen LogP contribution >= 0.6 is 11.6 Å². The molecular weight excluding hydrogens is 172 g/mol. The van der Waals surface area contributed by atoms with E-state index in [-0.39, 0.29) is 10.9 Å². The molecule has 0 bridgehead atoms. The molecule has 0 radical (unpaired) electrons. The second-order valence-corrected chi connectivity index (χ2v) is 1.96. The largest absolute Gasteiger partial charge is 0.410 e. The van der Waals surface area contributed by atoms with Gasteiger partial charge in [0.05, 0.1) is 0 Å². The van der Waals surface area contributed by atoms with Gasteiger partial charge in [0.15, 0.2) is 5.69 Å². The summed E-state index contributed by atoms with van der Waals surface area (Å²) >= 11 is 5.41. The summed E-state index contributed by atoms with van der Waals surface area (Å²) in [5.41, 5.74) is 0.177. The number of nitrogens with one attached hydrogen (secondary N) is 1. The van der Waals surface area contributed by atoms with Crippen molar-refractivity contribution in [2.75, 3.05) is 12.4 Å². The number of rotatable bonds is 2. The predicted octanol–water partition coefficient (Wildman–Crippen LogP) is 0.486. The molecule has 2 N–H and O–H groups in total. The molecule has 7 heteroatoms. The summed E-state index contributed by atoms with van der Waals surface area (Å²) in [5.74, 6) is 0.327. The summed E-state index contributed by atoms with van der Waals surface area (Å²) in [7, 11) is 1.62. The third-order valence-electron chi connectivity index (χ3n) is 1.01. The van der Waals surface area contributed by atoms with Crippen molar-refractivity contribution in [3.8, 4) is 0 Å². The molecule has 6 nitrogen and oxygen atoms in total. The summed E-state index contributed by atoms with van der Waals surface area (Å²) < 4.78 is 4.32. The third-order valence-corrected chi connectivity index (χ3v) is 1.26. The standard InChI is InChI=1S/C4H5ClN4O2/c1-6-4-2(3(5)7-10)8-11-9-4/h10H,1H3,(H,6,9)/b7-3-. The quantitative estimate of drug-likeness (QED) is 0.389. The Balaban J connectivity index is 3.02. The molecule has 1 heterocycles. The first-order valence-corrected chi connectivity index (χ1v) is 3.05. The first kappa shape index (κ1) is 7.80. The highest BCUT2D eigenvalue weighted by Gasteiger charge is 2.12. The van der Waals surface area contributed by atoms with Gasteiger partial charge in [-0.25, -0.2) is 4.63 Å². The van der Waals surface area contributed by atoms with Crippen LogP contribution in [0.1, 0.15) is 5.69 Å². The Labute approximate surface area is 66.8 Å². The van der Waals surface area contributed by atoms with E-state index < -0.39 is 0 Å². The van der Waals surface area contributed by atoms with E-state index in [2.05, 4.69) is 25.4 Å².